The number of thiophene rings is 1. The molecule has 0 spiro atoms. The fourth-order valence-corrected chi connectivity index (χ4v) is 3.15. The number of aryl methyl sites for hydroxylation is 1. The van der Waals surface area contributed by atoms with Crippen LogP contribution in [0, 0.1) is 6.92 Å². The number of benzene rings is 1. The van der Waals surface area contributed by atoms with Crippen LogP contribution in [0.15, 0.2) is 28.7 Å². The van der Waals surface area contributed by atoms with Crippen LogP contribution in [0.25, 0.3) is 0 Å². The van der Waals surface area contributed by atoms with E-state index in [0.717, 1.165) is 9.35 Å². The van der Waals surface area contributed by atoms with Gasteiger partial charge in [0.1, 0.15) is 0 Å². The van der Waals surface area contributed by atoms with E-state index >= 15 is 0 Å². The zero-order valence-corrected chi connectivity index (χ0v) is 12.7. The summed E-state index contributed by atoms with van der Waals surface area (Å²) in [6.07, 6.45) is 0. The third-order valence-electron chi connectivity index (χ3n) is 2.26. The lowest BCUT2D eigenvalue weighted by Crippen LogP contribution is -1.98. The van der Waals surface area contributed by atoms with Crippen LogP contribution in [0.2, 0.25) is 10.0 Å². The summed E-state index contributed by atoms with van der Waals surface area (Å²) in [7, 11) is 0. The van der Waals surface area contributed by atoms with Gasteiger partial charge in [-0.25, -0.2) is 0 Å². The van der Waals surface area contributed by atoms with Crippen LogP contribution in [-0.4, -0.2) is 5.78 Å². The van der Waals surface area contributed by atoms with Crippen molar-refractivity contribution in [1.29, 1.82) is 0 Å². The van der Waals surface area contributed by atoms with Crippen molar-refractivity contribution >= 4 is 56.3 Å². The molecule has 0 aliphatic carbocycles. The van der Waals surface area contributed by atoms with Crippen molar-refractivity contribution in [1.82, 2.24) is 0 Å². The Bertz CT molecular complexity index is 573. The molecule has 2 rings (SSSR count). The molecule has 0 radical (unpaired) electrons. The van der Waals surface area contributed by atoms with E-state index in [1.165, 1.54) is 11.3 Å². The van der Waals surface area contributed by atoms with Gasteiger partial charge >= 0.3 is 0 Å². The standard InChI is InChI=1S/C12H7BrCl2OS/c1-6-8(13)5-11(17-6)12(16)7-2-3-9(14)10(15)4-7/h2-5H,1H3. The van der Waals surface area contributed by atoms with Gasteiger partial charge < -0.3 is 0 Å². The molecular formula is C12H7BrCl2OS. The molecule has 0 saturated carbocycles. The average Bonchev–Trinajstić information content (AvgIpc) is 2.62. The Hall–Kier alpha value is -0.350. The smallest absolute Gasteiger partial charge is 0.203 e. The number of carbonyl (C=O) groups excluding carboxylic acids is 1. The predicted octanol–water partition coefficient (Wildman–Crippen LogP) is 5.36. The molecule has 1 aromatic carbocycles. The Morgan fingerprint density at radius 3 is 2.47 bits per heavy atom. The zero-order valence-electron chi connectivity index (χ0n) is 8.76. The summed E-state index contributed by atoms with van der Waals surface area (Å²) in [5.41, 5.74) is 0.549. The predicted molar refractivity (Wildman–Crippen MR) is 76.7 cm³/mol. The van der Waals surface area contributed by atoms with E-state index in [-0.39, 0.29) is 5.78 Å². The van der Waals surface area contributed by atoms with Gasteiger partial charge in [-0.1, -0.05) is 23.2 Å². The lowest BCUT2D eigenvalue weighted by atomic mass is 10.1. The first-order valence-corrected chi connectivity index (χ1v) is 7.11. The minimum atomic E-state index is -0.0395. The monoisotopic (exact) mass is 348 g/mol. The number of carbonyl (C=O) groups is 1. The van der Waals surface area contributed by atoms with Crippen LogP contribution in [0.1, 0.15) is 20.1 Å². The van der Waals surface area contributed by atoms with E-state index in [1.807, 2.05) is 13.0 Å². The molecule has 5 heteroatoms. The van der Waals surface area contributed by atoms with E-state index in [2.05, 4.69) is 15.9 Å². The first kappa shape index (κ1) is 13.1. The van der Waals surface area contributed by atoms with Gasteiger partial charge in [-0.3, -0.25) is 4.79 Å². The number of halogens is 3. The van der Waals surface area contributed by atoms with Crippen LogP contribution in [0.5, 0.6) is 0 Å². The van der Waals surface area contributed by atoms with Crippen molar-refractivity contribution in [2.24, 2.45) is 0 Å². The van der Waals surface area contributed by atoms with Gasteiger partial charge in [0.15, 0.2) is 0 Å². The molecule has 1 aromatic heterocycles. The van der Waals surface area contributed by atoms with Crippen LogP contribution >= 0.6 is 50.5 Å². The first-order valence-electron chi connectivity index (χ1n) is 4.74. The summed E-state index contributed by atoms with van der Waals surface area (Å²) in [4.78, 5) is 13.9. The molecule has 0 bridgehead atoms. The van der Waals surface area contributed by atoms with Crippen LogP contribution < -0.4 is 0 Å². The topological polar surface area (TPSA) is 17.1 Å². The fraction of sp³-hybridized carbons (Fsp3) is 0.0833. The van der Waals surface area contributed by atoms with Crippen molar-refractivity contribution in [2.75, 3.05) is 0 Å². The lowest BCUT2D eigenvalue weighted by molar-refractivity contribution is 0.104. The van der Waals surface area contributed by atoms with Crippen molar-refractivity contribution in [2.45, 2.75) is 6.92 Å². The average molecular weight is 350 g/mol. The number of hydrogen-bond donors (Lipinski definition) is 0. The Kier molecular flexibility index (Phi) is 3.93. The van der Waals surface area contributed by atoms with Crippen LogP contribution in [-0.2, 0) is 0 Å². The lowest BCUT2D eigenvalue weighted by Gasteiger charge is -2.00. The second kappa shape index (κ2) is 5.11. The third-order valence-corrected chi connectivity index (χ3v) is 5.14. The van der Waals surface area contributed by atoms with Gasteiger partial charge in [-0.05, 0) is 47.1 Å². The summed E-state index contributed by atoms with van der Waals surface area (Å²) in [6, 6.07) is 6.73. The van der Waals surface area contributed by atoms with Crippen LogP contribution in [0.4, 0.5) is 0 Å². The molecule has 0 N–H and O–H groups in total. The summed E-state index contributed by atoms with van der Waals surface area (Å²) in [5, 5.41) is 0.844. The van der Waals surface area contributed by atoms with Gasteiger partial charge in [0.05, 0.1) is 14.9 Å². The highest BCUT2D eigenvalue weighted by molar-refractivity contribution is 9.10. The minimum Gasteiger partial charge on any atom is -0.288 e. The second-order valence-electron chi connectivity index (χ2n) is 3.47. The molecule has 0 amide bonds. The Morgan fingerprint density at radius 1 is 1.24 bits per heavy atom. The van der Waals surface area contributed by atoms with Crippen molar-refractivity contribution < 1.29 is 4.79 Å². The molecule has 0 aliphatic rings. The summed E-state index contributed by atoms with van der Waals surface area (Å²) >= 11 is 16.6. The first-order chi connectivity index (χ1) is 7.99. The molecule has 0 saturated heterocycles. The maximum atomic E-state index is 12.2. The summed E-state index contributed by atoms with van der Waals surface area (Å²) in [5.74, 6) is -0.0395. The zero-order chi connectivity index (χ0) is 12.6. The van der Waals surface area contributed by atoms with Gasteiger partial charge in [0.25, 0.3) is 0 Å². The van der Waals surface area contributed by atoms with E-state index < -0.39 is 0 Å². The molecule has 1 heterocycles. The van der Waals surface area contributed by atoms with Gasteiger partial charge in [-0.2, -0.15) is 0 Å². The van der Waals surface area contributed by atoms with Crippen molar-refractivity contribution in [3.8, 4) is 0 Å². The maximum Gasteiger partial charge on any atom is 0.203 e. The van der Waals surface area contributed by atoms with Crippen molar-refractivity contribution in [3.63, 3.8) is 0 Å². The number of ketones is 1. The quantitative estimate of drug-likeness (QED) is 0.667. The summed E-state index contributed by atoms with van der Waals surface area (Å²) < 4.78 is 0.950. The molecule has 0 unspecified atom stereocenters. The number of rotatable bonds is 2. The SMILES string of the molecule is Cc1sc(C(=O)c2ccc(Cl)c(Cl)c2)cc1Br. The summed E-state index contributed by atoms with van der Waals surface area (Å²) in [6.45, 7) is 1.96. The molecule has 0 aliphatic heterocycles. The number of hydrogen-bond acceptors (Lipinski definition) is 2. The van der Waals surface area contributed by atoms with Crippen molar-refractivity contribution in [3.05, 3.63) is 54.1 Å². The largest absolute Gasteiger partial charge is 0.288 e. The normalized spacial score (nSPS) is 10.6. The highest BCUT2D eigenvalue weighted by atomic mass is 79.9. The second-order valence-corrected chi connectivity index (χ2v) is 6.40. The van der Waals surface area contributed by atoms with E-state index in [0.29, 0.717) is 20.5 Å². The molecule has 0 fully saturated rings. The molecule has 17 heavy (non-hydrogen) atoms. The molecule has 0 atom stereocenters. The Morgan fingerprint density at radius 2 is 1.94 bits per heavy atom. The minimum absolute atomic E-state index is 0.0395. The van der Waals surface area contributed by atoms with E-state index in [9.17, 15) is 4.79 Å². The fourth-order valence-electron chi connectivity index (χ4n) is 1.35. The van der Waals surface area contributed by atoms with E-state index in [1.54, 1.807) is 18.2 Å². The molecule has 88 valence electrons. The molecule has 2 aromatic rings. The third kappa shape index (κ3) is 2.74. The molecular weight excluding hydrogens is 343 g/mol. The highest BCUT2D eigenvalue weighted by Crippen LogP contribution is 2.29. The highest BCUT2D eigenvalue weighted by Gasteiger charge is 2.14. The van der Waals surface area contributed by atoms with Gasteiger partial charge in [-0.15, -0.1) is 11.3 Å². The maximum absolute atomic E-state index is 12.2. The van der Waals surface area contributed by atoms with E-state index in [4.69, 9.17) is 23.2 Å². The Labute approximate surface area is 121 Å². The molecule has 1 nitrogen and oxygen atoms in total. The van der Waals surface area contributed by atoms with Gasteiger partial charge in [0.2, 0.25) is 5.78 Å². The van der Waals surface area contributed by atoms with Crippen LogP contribution in [0.3, 0.4) is 0 Å². The van der Waals surface area contributed by atoms with Gasteiger partial charge in [0, 0.05) is 14.9 Å². The Balaban J connectivity index is 2.40.